The van der Waals surface area contributed by atoms with E-state index in [1.807, 2.05) is 0 Å². The van der Waals surface area contributed by atoms with Crippen molar-refractivity contribution in [1.29, 1.82) is 0 Å². The zero-order valence-electron chi connectivity index (χ0n) is 9.77. The zero-order valence-corrected chi connectivity index (χ0v) is 10.6. The number of piperidine rings is 1. The molecule has 1 N–H and O–H groups in total. The summed E-state index contributed by atoms with van der Waals surface area (Å²) in [5.74, 6) is 1.44. The second kappa shape index (κ2) is 4.58. The van der Waals surface area contributed by atoms with E-state index >= 15 is 0 Å². The lowest BCUT2D eigenvalue weighted by atomic mass is 10.1. The van der Waals surface area contributed by atoms with Crippen molar-refractivity contribution in [1.82, 2.24) is 15.5 Å². The molecule has 0 unspecified atom stereocenters. The van der Waals surface area contributed by atoms with Gasteiger partial charge in [-0.2, -0.15) is 16.3 Å². The maximum atomic E-state index is 5.36. The molecule has 0 spiro atoms. The summed E-state index contributed by atoms with van der Waals surface area (Å²) in [4.78, 5) is 4.50. The lowest BCUT2D eigenvalue weighted by Crippen LogP contribution is -2.26. The van der Waals surface area contributed by atoms with Crippen LogP contribution in [0.5, 0.6) is 0 Å². The van der Waals surface area contributed by atoms with Gasteiger partial charge in [-0.15, -0.1) is 0 Å². The first-order valence-corrected chi connectivity index (χ1v) is 6.89. The molecule has 0 saturated carbocycles. The van der Waals surface area contributed by atoms with Crippen molar-refractivity contribution in [2.45, 2.75) is 32.2 Å². The number of rotatable bonds is 2. The van der Waals surface area contributed by atoms with Gasteiger partial charge in [-0.3, -0.25) is 0 Å². The minimum Gasteiger partial charge on any atom is -0.337 e. The third-order valence-corrected chi connectivity index (χ3v) is 4.01. The summed E-state index contributed by atoms with van der Waals surface area (Å²) in [6.45, 7) is 3.11. The molecule has 17 heavy (non-hydrogen) atoms. The quantitative estimate of drug-likeness (QED) is 0.889. The average Bonchev–Trinajstić information content (AvgIpc) is 2.98. The number of aryl methyl sites for hydroxylation is 1. The van der Waals surface area contributed by atoms with Gasteiger partial charge in [0.1, 0.15) is 0 Å². The topological polar surface area (TPSA) is 51.0 Å². The molecule has 1 saturated heterocycles. The van der Waals surface area contributed by atoms with Crippen molar-refractivity contribution in [3.63, 3.8) is 0 Å². The van der Waals surface area contributed by atoms with E-state index in [4.69, 9.17) is 4.52 Å². The second-order valence-electron chi connectivity index (χ2n) is 4.43. The first kappa shape index (κ1) is 10.9. The maximum absolute atomic E-state index is 5.36. The Kier molecular flexibility index (Phi) is 2.94. The van der Waals surface area contributed by atoms with Gasteiger partial charge in [-0.25, -0.2) is 0 Å². The molecule has 0 amide bonds. The minimum atomic E-state index is 0.240. The summed E-state index contributed by atoms with van der Waals surface area (Å²) in [6, 6.07) is 0.240. The molecule has 0 aromatic carbocycles. The molecule has 0 bridgehead atoms. The van der Waals surface area contributed by atoms with Crippen LogP contribution in [-0.4, -0.2) is 16.7 Å². The molecule has 1 aliphatic heterocycles. The van der Waals surface area contributed by atoms with Gasteiger partial charge in [0.15, 0.2) is 0 Å². The molecule has 3 rings (SSSR count). The van der Waals surface area contributed by atoms with Gasteiger partial charge in [0.05, 0.1) is 6.04 Å². The van der Waals surface area contributed by atoms with Gasteiger partial charge in [0.2, 0.25) is 11.7 Å². The Morgan fingerprint density at radius 1 is 1.41 bits per heavy atom. The van der Waals surface area contributed by atoms with Crippen molar-refractivity contribution in [3.05, 3.63) is 22.2 Å². The van der Waals surface area contributed by atoms with Crippen molar-refractivity contribution >= 4 is 11.3 Å². The van der Waals surface area contributed by atoms with E-state index in [-0.39, 0.29) is 6.04 Å². The molecule has 90 valence electrons. The minimum absolute atomic E-state index is 0.240. The van der Waals surface area contributed by atoms with Crippen molar-refractivity contribution in [3.8, 4) is 11.4 Å². The first-order valence-electron chi connectivity index (χ1n) is 5.95. The Morgan fingerprint density at radius 3 is 3.06 bits per heavy atom. The number of aromatic nitrogens is 2. The van der Waals surface area contributed by atoms with Crippen LogP contribution in [0.3, 0.4) is 0 Å². The van der Waals surface area contributed by atoms with E-state index in [1.54, 1.807) is 11.3 Å². The SMILES string of the molecule is Cc1cscc1-c1noc([C@@H]2CCCCN2)n1. The van der Waals surface area contributed by atoms with Crippen LogP contribution in [0.15, 0.2) is 15.3 Å². The monoisotopic (exact) mass is 249 g/mol. The summed E-state index contributed by atoms with van der Waals surface area (Å²) >= 11 is 1.67. The fraction of sp³-hybridized carbons (Fsp3) is 0.500. The molecule has 1 aliphatic rings. The standard InChI is InChI=1S/C12H15N3OS/c1-8-6-17-7-9(8)11-14-12(16-15-11)10-4-2-3-5-13-10/h6-7,10,13H,2-5H2,1H3/t10-/m0/s1. The molecule has 4 nitrogen and oxygen atoms in total. The first-order chi connectivity index (χ1) is 8.34. The van der Waals surface area contributed by atoms with Gasteiger partial charge in [0, 0.05) is 10.9 Å². The molecule has 2 aromatic rings. The molecule has 0 aliphatic carbocycles. The van der Waals surface area contributed by atoms with Crippen LogP contribution in [0.1, 0.15) is 36.8 Å². The molecule has 0 radical (unpaired) electrons. The lowest BCUT2D eigenvalue weighted by molar-refractivity contribution is 0.297. The predicted octanol–water partition coefficient (Wildman–Crippen LogP) is 2.92. The second-order valence-corrected chi connectivity index (χ2v) is 5.17. The highest BCUT2D eigenvalue weighted by Crippen LogP contribution is 2.27. The van der Waals surface area contributed by atoms with E-state index in [9.17, 15) is 0 Å². The zero-order chi connectivity index (χ0) is 11.7. The van der Waals surface area contributed by atoms with Crippen LogP contribution in [0, 0.1) is 6.92 Å². The smallest absolute Gasteiger partial charge is 0.244 e. The van der Waals surface area contributed by atoms with E-state index in [0.717, 1.165) is 24.4 Å². The fourth-order valence-corrected chi connectivity index (χ4v) is 2.96. The average molecular weight is 249 g/mol. The number of nitrogens with zero attached hydrogens (tertiary/aromatic N) is 2. The summed E-state index contributed by atoms with van der Waals surface area (Å²) in [7, 11) is 0. The van der Waals surface area contributed by atoms with E-state index in [1.165, 1.54) is 18.4 Å². The Labute approximate surface area is 104 Å². The van der Waals surface area contributed by atoms with Gasteiger partial charge in [-0.1, -0.05) is 11.6 Å². The van der Waals surface area contributed by atoms with E-state index in [2.05, 4.69) is 33.1 Å². The molecule has 2 aromatic heterocycles. The lowest BCUT2D eigenvalue weighted by Gasteiger charge is -2.19. The largest absolute Gasteiger partial charge is 0.337 e. The van der Waals surface area contributed by atoms with Gasteiger partial charge < -0.3 is 9.84 Å². The van der Waals surface area contributed by atoms with Crippen molar-refractivity contribution in [2.24, 2.45) is 0 Å². The van der Waals surface area contributed by atoms with Crippen molar-refractivity contribution < 1.29 is 4.52 Å². The van der Waals surface area contributed by atoms with Crippen LogP contribution >= 0.6 is 11.3 Å². The Balaban J connectivity index is 1.85. The van der Waals surface area contributed by atoms with Crippen LogP contribution in [0.4, 0.5) is 0 Å². The highest BCUT2D eigenvalue weighted by atomic mass is 32.1. The molecule has 1 fully saturated rings. The highest BCUT2D eigenvalue weighted by Gasteiger charge is 2.21. The van der Waals surface area contributed by atoms with Crippen LogP contribution < -0.4 is 5.32 Å². The van der Waals surface area contributed by atoms with Crippen molar-refractivity contribution in [2.75, 3.05) is 6.54 Å². The third-order valence-electron chi connectivity index (χ3n) is 3.15. The molecule has 3 heterocycles. The summed E-state index contributed by atoms with van der Waals surface area (Å²) in [5, 5.41) is 11.7. The predicted molar refractivity (Wildman–Crippen MR) is 66.9 cm³/mol. The summed E-state index contributed by atoms with van der Waals surface area (Å²) < 4.78 is 5.36. The maximum Gasteiger partial charge on any atom is 0.244 e. The molecule has 1 atom stereocenters. The Morgan fingerprint density at radius 2 is 2.35 bits per heavy atom. The molecule has 5 heteroatoms. The van der Waals surface area contributed by atoms with E-state index < -0.39 is 0 Å². The summed E-state index contributed by atoms with van der Waals surface area (Å²) in [6.07, 6.45) is 3.55. The van der Waals surface area contributed by atoms with Gasteiger partial charge >= 0.3 is 0 Å². The number of thiophene rings is 1. The van der Waals surface area contributed by atoms with Crippen LogP contribution in [0.2, 0.25) is 0 Å². The highest BCUT2D eigenvalue weighted by molar-refractivity contribution is 7.08. The van der Waals surface area contributed by atoms with Crippen LogP contribution in [0.25, 0.3) is 11.4 Å². The van der Waals surface area contributed by atoms with Gasteiger partial charge in [0.25, 0.3) is 0 Å². The van der Waals surface area contributed by atoms with Crippen LogP contribution in [-0.2, 0) is 0 Å². The number of hydrogen-bond donors (Lipinski definition) is 1. The Hall–Kier alpha value is -1.20. The molecular formula is C12H15N3OS. The third kappa shape index (κ3) is 2.12. The normalized spacial score (nSPS) is 20.6. The fourth-order valence-electron chi connectivity index (χ4n) is 2.14. The number of nitrogens with one attached hydrogen (secondary N) is 1. The Bertz CT molecular complexity index is 499. The number of hydrogen-bond acceptors (Lipinski definition) is 5. The van der Waals surface area contributed by atoms with E-state index in [0.29, 0.717) is 5.82 Å². The molecular weight excluding hydrogens is 234 g/mol. The summed E-state index contributed by atoms with van der Waals surface area (Å²) in [5.41, 5.74) is 2.29. The van der Waals surface area contributed by atoms with Gasteiger partial charge in [-0.05, 0) is 37.3 Å².